The fourth-order valence-electron chi connectivity index (χ4n) is 2.88. The van der Waals surface area contributed by atoms with E-state index in [0.29, 0.717) is 24.5 Å². The molecule has 0 bridgehead atoms. The number of nitrogens with one attached hydrogen (secondary N) is 1. The first kappa shape index (κ1) is 15.7. The van der Waals surface area contributed by atoms with Crippen molar-refractivity contribution < 1.29 is 9.68 Å². The van der Waals surface area contributed by atoms with Crippen LogP contribution < -0.4 is 10.5 Å². The molecule has 0 saturated carbocycles. The predicted molar refractivity (Wildman–Crippen MR) is 95.9 cm³/mol. The molecule has 0 fully saturated rings. The summed E-state index contributed by atoms with van der Waals surface area (Å²) < 4.78 is 5.22. The summed E-state index contributed by atoms with van der Waals surface area (Å²) in [4.78, 5) is 8.60. The Morgan fingerprint density at radius 2 is 2.28 bits per heavy atom. The molecule has 0 saturated heterocycles. The van der Waals surface area contributed by atoms with Gasteiger partial charge in [0.05, 0.1) is 18.5 Å². The van der Waals surface area contributed by atoms with Crippen LogP contribution in [0.25, 0.3) is 11.0 Å². The summed E-state index contributed by atoms with van der Waals surface area (Å²) in [6, 6.07) is 5.74. The summed E-state index contributed by atoms with van der Waals surface area (Å²) in [6.45, 7) is 4.97. The van der Waals surface area contributed by atoms with Crippen molar-refractivity contribution in [2.75, 3.05) is 11.6 Å². The van der Waals surface area contributed by atoms with E-state index < -0.39 is 7.12 Å². The predicted octanol–water partition coefficient (Wildman–Crippen LogP) is 0.739. The van der Waals surface area contributed by atoms with Crippen molar-refractivity contribution in [3.63, 3.8) is 0 Å². The van der Waals surface area contributed by atoms with E-state index in [0.717, 1.165) is 27.8 Å². The van der Waals surface area contributed by atoms with Gasteiger partial charge in [0, 0.05) is 6.54 Å². The van der Waals surface area contributed by atoms with E-state index in [1.165, 1.54) is 6.33 Å². The summed E-state index contributed by atoms with van der Waals surface area (Å²) in [6.07, 6.45) is 3.29. The van der Waals surface area contributed by atoms with Crippen LogP contribution in [0.3, 0.4) is 0 Å². The third-order valence-electron chi connectivity index (χ3n) is 4.21. The molecule has 25 heavy (non-hydrogen) atoms. The van der Waals surface area contributed by atoms with Crippen LogP contribution in [-0.4, -0.2) is 45.1 Å². The van der Waals surface area contributed by atoms with Gasteiger partial charge in [-0.2, -0.15) is 10.2 Å². The number of benzene rings is 1. The molecule has 126 valence electrons. The molecule has 4 rings (SSSR count). The van der Waals surface area contributed by atoms with Gasteiger partial charge in [0.25, 0.3) is 0 Å². The van der Waals surface area contributed by atoms with E-state index in [4.69, 9.17) is 4.65 Å². The number of hydrazone groups is 1. The molecule has 1 aromatic carbocycles. The van der Waals surface area contributed by atoms with Crippen molar-refractivity contribution >= 4 is 35.6 Å². The summed E-state index contributed by atoms with van der Waals surface area (Å²) in [5.74, 6) is 0.660. The zero-order valence-electron chi connectivity index (χ0n) is 14.0. The van der Waals surface area contributed by atoms with Gasteiger partial charge >= 0.3 is 7.12 Å². The number of fused-ring (bicyclic) bond motifs is 2. The number of H-pyrrole nitrogens is 1. The maximum Gasteiger partial charge on any atom is 0.491 e. The van der Waals surface area contributed by atoms with Gasteiger partial charge in [-0.05, 0) is 36.5 Å². The standard InChI is InChI=1S/C16H17BN6O2/c1-3-23(16-15-14(18-9-19-16)10(2)21-22-15)20-7-11-4-5-13-12(6-11)8-25-17(13)24/h4-7,9,24H,3,8H2,1-2H3,(H,21,22)/b20-7+. The first-order valence-electron chi connectivity index (χ1n) is 8.07. The highest BCUT2D eigenvalue weighted by atomic mass is 16.5. The molecule has 2 aromatic heterocycles. The largest absolute Gasteiger partial charge is 0.491 e. The minimum atomic E-state index is -0.828. The average Bonchev–Trinajstić information content (AvgIpc) is 3.19. The van der Waals surface area contributed by atoms with E-state index in [9.17, 15) is 5.02 Å². The maximum absolute atomic E-state index is 9.69. The molecule has 8 nitrogen and oxygen atoms in total. The Kier molecular flexibility index (Phi) is 3.94. The topological polar surface area (TPSA) is 99.5 Å². The van der Waals surface area contributed by atoms with Crippen molar-refractivity contribution in [1.82, 2.24) is 20.2 Å². The highest BCUT2D eigenvalue weighted by Gasteiger charge is 2.26. The molecule has 0 aliphatic carbocycles. The molecule has 0 unspecified atom stereocenters. The number of nitrogens with zero attached hydrogens (tertiary/aromatic N) is 5. The molecule has 0 spiro atoms. The number of anilines is 1. The molecule has 2 N–H and O–H groups in total. The van der Waals surface area contributed by atoms with Crippen LogP contribution in [0.15, 0.2) is 29.6 Å². The molecule has 0 radical (unpaired) electrons. The Bertz CT molecular complexity index is 957. The second kappa shape index (κ2) is 6.27. The number of aromatic amines is 1. The van der Waals surface area contributed by atoms with E-state index in [2.05, 4.69) is 25.3 Å². The first-order valence-corrected chi connectivity index (χ1v) is 8.07. The van der Waals surface area contributed by atoms with Crippen LogP contribution in [-0.2, 0) is 11.3 Å². The smallest absolute Gasteiger partial charge is 0.423 e. The monoisotopic (exact) mass is 336 g/mol. The van der Waals surface area contributed by atoms with Crippen molar-refractivity contribution in [2.24, 2.45) is 5.10 Å². The quantitative estimate of drug-likeness (QED) is 0.414. The fraction of sp³-hybridized carbons (Fsp3) is 0.250. The van der Waals surface area contributed by atoms with Gasteiger partial charge in [0.15, 0.2) is 11.3 Å². The summed E-state index contributed by atoms with van der Waals surface area (Å²) in [7, 11) is -0.828. The van der Waals surface area contributed by atoms with E-state index >= 15 is 0 Å². The SMILES string of the molecule is CCN(/N=C/c1ccc2c(c1)COB2O)c1ncnc2c(C)[nH]nc12. The van der Waals surface area contributed by atoms with Crippen LogP contribution in [0, 0.1) is 6.92 Å². The van der Waals surface area contributed by atoms with Crippen LogP contribution in [0.1, 0.15) is 23.7 Å². The molecule has 3 aromatic rings. The lowest BCUT2D eigenvalue weighted by molar-refractivity contribution is 0.275. The molecular weight excluding hydrogens is 319 g/mol. The molecule has 9 heteroatoms. The number of hydrogen-bond acceptors (Lipinski definition) is 7. The molecule has 0 atom stereocenters. The van der Waals surface area contributed by atoms with Gasteiger partial charge < -0.3 is 9.68 Å². The van der Waals surface area contributed by atoms with Crippen LogP contribution >= 0.6 is 0 Å². The molecule has 3 heterocycles. The lowest BCUT2D eigenvalue weighted by Crippen LogP contribution is -2.27. The van der Waals surface area contributed by atoms with Crippen LogP contribution in [0.4, 0.5) is 5.82 Å². The van der Waals surface area contributed by atoms with Crippen LogP contribution in [0.5, 0.6) is 0 Å². The van der Waals surface area contributed by atoms with Gasteiger partial charge in [-0.25, -0.2) is 15.0 Å². The van der Waals surface area contributed by atoms with Gasteiger partial charge in [-0.1, -0.05) is 12.1 Å². The normalized spacial score (nSPS) is 13.8. The van der Waals surface area contributed by atoms with E-state index in [1.54, 1.807) is 11.2 Å². The first-order chi connectivity index (χ1) is 12.2. The van der Waals surface area contributed by atoms with Crippen molar-refractivity contribution in [3.8, 4) is 0 Å². The number of rotatable bonds is 4. The van der Waals surface area contributed by atoms with Crippen molar-refractivity contribution in [1.29, 1.82) is 0 Å². The maximum atomic E-state index is 9.69. The molecule has 1 aliphatic heterocycles. The average molecular weight is 336 g/mol. The van der Waals surface area contributed by atoms with E-state index in [1.807, 2.05) is 32.0 Å². The summed E-state index contributed by atoms with van der Waals surface area (Å²) in [5, 5.41) is 23.2. The second-order valence-corrected chi connectivity index (χ2v) is 5.83. The van der Waals surface area contributed by atoms with E-state index in [-0.39, 0.29) is 0 Å². The zero-order valence-corrected chi connectivity index (χ0v) is 14.0. The highest BCUT2D eigenvalue weighted by Crippen LogP contribution is 2.22. The van der Waals surface area contributed by atoms with Gasteiger partial charge in [0.1, 0.15) is 11.8 Å². The van der Waals surface area contributed by atoms with Crippen molar-refractivity contribution in [3.05, 3.63) is 41.3 Å². The summed E-state index contributed by atoms with van der Waals surface area (Å²) in [5.41, 5.74) is 5.11. The molecule has 0 amide bonds. The Balaban J connectivity index is 1.65. The number of aryl methyl sites for hydroxylation is 1. The molecule has 1 aliphatic rings. The summed E-state index contributed by atoms with van der Waals surface area (Å²) >= 11 is 0. The van der Waals surface area contributed by atoms with Gasteiger partial charge in [-0.3, -0.25) is 5.10 Å². The third-order valence-corrected chi connectivity index (χ3v) is 4.21. The Labute approximate surface area is 144 Å². The minimum absolute atomic E-state index is 0.411. The lowest BCUT2D eigenvalue weighted by Gasteiger charge is -2.15. The number of hydrogen-bond donors (Lipinski definition) is 2. The second-order valence-electron chi connectivity index (χ2n) is 5.83. The van der Waals surface area contributed by atoms with Gasteiger partial charge in [0.2, 0.25) is 0 Å². The Morgan fingerprint density at radius 3 is 3.12 bits per heavy atom. The minimum Gasteiger partial charge on any atom is -0.423 e. The number of aromatic nitrogens is 4. The van der Waals surface area contributed by atoms with Crippen LogP contribution in [0.2, 0.25) is 0 Å². The van der Waals surface area contributed by atoms with Gasteiger partial charge in [-0.15, -0.1) is 0 Å². The van der Waals surface area contributed by atoms with Crippen molar-refractivity contribution in [2.45, 2.75) is 20.5 Å². The lowest BCUT2D eigenvalue weighted by atomic mass is 9.79. The molecular formula is C16H17BN6O2. The Hall–Kier alpha value is -2.78. The highest BCUT2D eigenvalue weighted by molar-refractivity contribution is 6.61. The third kappa shape index (κ3) is 2.77. The zero-order chi connectivity index (χ0) is 17.4. The Morgan fingerprint density at radius 1 is 1.40 bits per heavy atom. The fourth-order valence-corrected chi connectivity index (χ4v) is 2.88.